The fourth-order valence-corrected chi connectivity index (χ4v) is 2.52. The zero-order valence-electron chi connectivity index (χ0n) is 11.4. The number of nitrogens with one attached hydrogen (secondary N) is 2. The van der Waals surface area contributed by atoms with Gasteiger partial charge >= 0.3 is 0 Å². The fourth-order valence-electron chi connectivity index (χ4n) is 2.32. The van der Waals surface area contributed by atoms with E-state index in [0.717, 1.165) is 19.5 Å². The predicted octanol–water partition coefficient (Wildman–Crippen LogP) is 2.03. The summed E-state index contributed by atoms with van der Waals surface area (Å²) >= 11 is 6.09. The topological polar surface area (TPSA) is 59.0 Å². The standard InChI is InChI=1S/C13H21ClN4O/c1-9(2)18-13(19)12(14)11(8-17-18)16-7-5-10-4-3-6-15-10/h8-10,15-16H,3-7H2,1-2H3/t10-/m1/s1. The van der Waals surface area contributed by atoms with E-state index in [1.165, 1.54) is 17.5 Å². The molecule has 0 bridgehead atoms. The highest BCUT2D eigenvalue weighted by atomic mass is 35.5. The lowest BCUT2D eigenvalue weighted by molar-refractivity contribution is 0.503. The summed E-state index contributed by atoms with van der Waals surface area (Å²) in [6.45, 7) is 5.72. The van der Waals surface area contributed by atoms with Crippen molar-refractivity contribution in [2.24, 2.45) is 0 Å². The lowest BCUT2D eigenvalue weighted by Crippen LogP contribution is -2.27. The summed E-state index contributed by atoms with van der Waals surface area (Å²) in [4.78, 5) is 12.0. The maximum absolute atomic E-state index is 12.0. The zero-order valence-corrected chi connectivity index (χ0v) is 12.2. The van der Waals surface area contributed by atoms with Crippen LogP contribution in [0, 0.1) is 0 Å². The molecule has 2 N–H and O–H groups in total. The summed E-state index contributed by atoms with van der Waals surface area (Å²) in [5, 5.41) is 11.0. The Labute approximate surface area is 118 Å². The number of hydrogen-bond acceptors (Lipinski definition) is 4. The third-order valence-electron chi connectivity index (χ3n) is 3.40. The maximum Gasteiger partial charge on any atom is 0.287 e. The number of aromatic nitrogens is 2. The lowest BCUT2D eigenvalue weighted by Gasteiger charge is -2.14. The van der Waals surface area contributed by atoms with Crippen molar-refractivity contribution < 1.29 is 0 Å². The third kappa shape index (κ3) is 3.48. The Balaban J connectivity index is 1.97. The molecule has 106 valence electrons. The molecule has 1 aliphatic rings. The van der Waals surface area contributed by atoms with Crippen LogP contribution in [-0.2, 0) is 0 Å². The molecular formula is C13H21ClN4O. The van der Waals surface area contributed by atoms with Gasteiger partial charge < -0.3 is 10.6 Å². The van der Waals surface area contributed by atoms with Gasteiger partial charge in [-0.3, -0.25) is 4.79 Å². The van der Waals surface area contributed by atoms with Crippen LogP contribution in [0.25, 0.3) is 0 Å². The quantitative estimate of drug-likeness (QED) is 0.869. The van der Waals surface area contributed by atoms with Crippen molar-refractivity contribution in [2.75, 3.05) is 18.4 Å². The Morgan fingerprint density at radius 3 is 3.05 bits per heavy atom. The highest BCUT2D eigenvalue weighted by Gasteiger charge is 2.14. The van der Waals surface area contributed by atoms with Crippen LogP contribution in [0.1, 0.15) is 39.2 Å². The number of anilines is 1. The van der Waals surface area contributed by atoms with E-state index in [1.807, 2.05) is 13.8 Å². The predicted molar refractivity (Wildman–Crippen MR) is 78.0 cm³/mol. The van der Waals surface area contributed by atoms with Gasteiger partial charge in [0.15, 0.2) is 0 Å². The summed E-state index contributed by atoms with van der Waals surface area (Å²) in [5.74, 6) is 0. The number of halogens is 1. The van der Waals surface area contributed by atoms with Crippen LogP contribution in [0.5, 0.6) is 0 Å². The van der Waals surface area contributed by atoms with Crippen molar-refractivity contribution in [1.29, 1.82) is 0 Å². The van der Waals surface area contributed by atoms with E-state index in [9.17, 15) is 4.79 Å². The van der Waals surface area contributed by atoms with Gasteiger partial charge in [-0.25, -0.2) is 4.68 Å². The summed E-state index contributed by atoms with van der Waals surface area (Å²) in [5.41, 5.74) is 0.391. The minimum absolute atomic E-state index is 0.0155. The Kier molecular flexibility index (Phi) is 4.82. The van der Waals surface area contributed by atoms with Crippen LogP contribution in [0.3, 0.4) is 0 Å². The van der Waals surface area contributed by atoms with Gasteiger partial charge in [0, 0.05) is 12.6 Å². The van der Waals surface area contributed by atoms with Crippen molar-refractivity contribution >= 4 is 17.3 Å². The number of hydrogen-bond donors (Lipinski definition) is 2. The van der Waals surface area contributed by atoms with E-state index in [2.05, 4.69) is 15.7 Å². The molecule has 19 heavy (non-hydrogen) atoms. The monoisotopic (exact) mass is 284 g/mol. The molecule has 0 amide bonds. The van der Waals surface area contributed by atoms with Gasteiger partial charge in [0.2, 0.25) is 0 Å². The maximum atomic E-state index is 12.0. The van der Waals surface area contributed by atoms with Crippen LogP contribution in [0.15, 0.2) is 11.0 Å². The van der Waals surface area contributed by atoms with Crippen LogP contribution in [0.4, 0.5) is 5.69 Å². The molecule has 0 saturated carbocycles. The average molecular weight is 285 g/mol. The van der Waals surface area contributed by atoms with Crippen LogP contribution in [-0.4, -0.2) is 28.9 Å². The zero-order chi connectivity index (χ0) is 13.8. The SMILES string of the molecule is CC(C)n1ncc(NCC[C@H]2CCCN2)c(Cl)c1=O. The molecular weight excluding hydrogens is 264 g/mol. The molecule has 0 radical (unpaired) electrons. The number of nitrogens with zero attached hydrogens (tertiary/aromatic N) is 2. The largest absolute Gasteiger partial charge is 0.382 e. The van der Waals surface area contributed by atoms with Crippen LogP contribution < -0.4 is 16.2 Å². The van der Waals surface area contributed by atoms with E-state index < -0.39 is 0 Å². The minimum atomic E-state index is -0.236. The summed E-state index contributed by atoms with van der Waals surface area (Å²) in [6, 6.07) is 0.594. The lowest BCUT2D eigenvalue weighted by atomic mass is 10.1. The van der Waals surface area contributed by atoms with E-state index in [0.29, 0.717) is 11.7 Å². The molecule has 5 nitrogen and oxygen atoms in total. The second-order valence-corrected chi connectivity index (χ2v) is 5.60. The molecule has 1 fully saturated rings. The molecule has 0 unspecified atom stereocenters. The molecule has 2 rings (SSSR count). The van der Waals surface area contributed by atoms with Gasteiger partial charge in [-0.2, -0.15) is 5.10 Å². The van der Waals surface area contributed by atoms with Crippen molar-refractivity contribution in [3.8, 4) is 0 Å². The molecule has 1 aromatic heterocycles. The Hall–Kier alpha value is -1.07. The van der Waals surface area contributed by atoms with Crippen molar-refractivity contribution in [3.63, 3.8) is 0 Å². The van der Waals surface area contributed by atoms with Gasteiger partial charge in [0.25, 0.3) is 5.56 Å². The number of rotatable bonds is 5. The molecule has 1 aromatic rings. The van der Waals surface area contributed by atoms with Crippen molar-refractivity contribution in [2.45, 2.75) is 45.2 Å². The molecule has 6 heteroatoms. The first kappa shape index (κ1) is 14.3. The Morgan fingerprint density at radius 2 is 2.42 bits per heavy atom. The van der Waals surface area contributed by atoms with Crippen molar-refractivity contribution in [1.82, 2.24) is 15.1 Å². The second kappa shape index (κ2) is 6.39. The minimum Gasteiger partial charge on any atom is -0.382 e. The van der Waals surface area contributed by atoms with Gasteiger partial charge in [-0.05, 0) is 39.7 Å². The van der Waals surface area contributed by atoms with E-state index in [-0.39, 0.29) is 16.6 Å². The average Bonchev–Trinajstić information content (AvgIpc) is 2.87. The molecule has 2 heterocycles. The smallest absolute Gasteiger partial charge is 0.287 e. The second-order valence-electron chi connectivity index (χ2n) is 5.22. The molecule has 0 aliphatic carbocycles. The molecule has 0 aromatic carbocycles. The summed E-state index contributed by atoms with van der Waals surface area (Å²) in [7, 11) is 0. The Morgan fingerprint density at radius 1 is 1.63 bits per heavy atom. The first-order valence-corrected chi connectivity index (χ1v) is 7.22. The molecule has 1 aliphatic heterocycles. The van der Waals surface area contributed by atoms with E-state index in [4.69, 9.17) is 11.6 Å². The van der Waals surface area contributed by atoms with E-state index in [1.54, 1.807) is 6.20 Å². The molecule has 1 saturated heterocycles. The molecule has 1 atom stereocenters. The fraction of sp³-hybridized carbons (Fsp3) is 0.692. The van der Waals surface area contributed by atoms with Gasteiger partial charge in [0.05, 0.1) is 17.9 Å². The van der Waals surface area contributed by atoms with Gasteiger partial charge in [0.1, 0.15) is 5.02 Å². The summed E-state index contributed by atoms with van der Waals surface area (Å²) < 4.78 is 1.39. The van der Waals surface area contributed by atoms with Crippen LogP contribution >= 0.6 is 11.6 Å². The first-order valence-electron chi connectivity index (χ1n) is 6.84. The van der Waals surface area contributed by atoms with Gasteiger partial charge in [-0.15, -0.1) is 0 Å². The highest BCUT2D eigenvalue weighted by Crippen LogP contribution is 2.17. The summed E-state index contributed by atoms with van der Waals surface area (Å²) in [6.07, 6.45) is 5.13. The Bertz CT molecular complexity index is 480. The highest BCUT2D eigenvalue weighted by molar-refractivity contribution is 6.32. The normalized spacial score (nSPS) is 19.1. The first-order chi connectivity index (χ1) is 9.09. The van der Waals surface area contributed by atoms with E-state index >= 15 is 0 Å². The molecule has 0 spiro atoms. The van der Waals surface area contributed by atoms with Crippen LogP contribution in [0.2, 0.25) is 5.02 Å². The van der Waals surface area contributed by atoms with Crippen molar-refractivity contribution in [3.05, 3.63) is 21.6 Å². The third-order valence-corrected chi connectivity index (χ3v) is 3.77. The van der Waals surface area contributed by atoms with Gasteiger partial charge in [-0.1, -0.05) is 11.6 Å².